The van der Waals surface area contributed by atoms with Gasteiger partial charge in [0.2, 0.25) is 0 Å². The van der Waals surface area contributed by atoms with Crippen LogP contribution < -0.4 is 5.32 Å². The smallest absolute Gasteiger partial charge is 0.287 e. The molecular formula is C14H22N2O2. The van der Waals surface area contributed by atoms with Crippen LogP contribution in [0.4, 0.5) is 0 Å². The standard InChI is InChI=1S/C14H22N2O2/c1-11(2)15-14(17)13-7-6-12(18-13)10-16-8-4-3-5-9-16/h6-7,11H,3-5,8-10H2,1-2H3,(H,15,17). The van der Waals surface area contributed by atoms with Gasteiger partial charge in [-0.2, -0.15) is 0 Å². The second kappa shape index (κ2) is 6.05. The predicted octanol–water partition coefficient (Wildman–Crippen LogP) is 2.40. The number of piperidine rings is 1. The highest BCUT2D eigenvalue weighted by atomic mass is 16.4. The lowest BCUT2D eigenvalue weighted by molar-refractivity contribution is 0.0910. The molecule has 0 radical (unpaired) electrons. The maximum absolute atomic E-state index is 11.7. The predicted molar refractivity (Wildman–Crippen MR) is 70.4 cm³/mol. The lowest BCUT2D eigenvalue weighted by Crippen LogP contribution is -2.30. The zero-order valence-electron chi connectivity index (χ0n) is 11.2. The third-order valence-corrected chi connectivity index (χ3v) is 3.13. The summed E-state index contributed by atoms with van der Waals surface area (Å²) in [6.07, 6.45) is 3.86. The molecule has 0 unspecified atom stereocenters. The Bertz CT molecular complexity index is 392. The van der Waals surface area contributed by atoms with Gasteiger partial charge < -0.3 is 9.73 Å². The molecule has 4 nitrogen and oxygen atoms in total. The van der Waals surface area contributed by atoms with Gasteiger partial charge >= 0.3 is 0 Å². The molecule has 0 atom stereocenters. The zero-order chi connectivity index (χ0) is 13.0. The molecule has 1 aliphatic rings. The Hall–Kier alpha value is -1.29. The molecule has 1 aliphatic heterocycles. The van der Waals surface area contributed by atoms with Crippen molar-refractivity contribution in [2.45, 2.75) is 45.7 Å². The molecule has 1 amide bonds. The molecular weight excluding hydrogens is 228 g/mol. The molecule has 0 spiro atoms. The van der Waals surface area contributed by atoms with E-state index >= 15 is 0 Å². The van der Waals surface area contributed by atoms with Crippen molar-refractivity contribution < 1.29 is 9.21 Å². The van der Waals surface area contributed by atoms with Crippen LogP contribution in [0.5, 0.6) is 0 Å². The first-order valence-electron chi connectivity index (χ1n) is 6.77. The molecule has 0 bridgehead atoms. The minimum Gasteiger partial charge on any atom is -0.455 e. The van der Waals surface area contributed by atoms with Gasteiger partial charge in [-0.05, 0) is 51.9 Å². The fourth-order valence-corrected chi connectivity index (χ4v) is 2.26. The fourth-order valence-electron chi connectivity index (χ4n) is 2.26. The van der Waals surface area contributed by atoms with Gasteiger partial charge in [-0.25, -0.2) is 0 Å². The number of rotatable bonds is 4. The number of nitrogens with zero attached hydrogens (tertiary/aromatic N) is 1. The van der Waals surface area contributed by atoms with Crippen molar-refractivity contribution >= 4 is 5.91 Å². The Labute approximate surface area is 108 Å². The number of amides is 1. The molecule has 0 aromatic carbocycles. The highest BCUT2D eigenvalue weighted by Crippen LogP contribution is 2.15. The van der Waals surface area contributed by atoms with Crippen molar-refractivity contribution in [1.82, 2.24) is 10.2 Å². The maximum atomic E-state index is 11.7. The van der Waals surface area contributed by atoms with Gasteiger partial charge in [0.15, 0.2) is 5.76 Å². The van der Waals surface area contributed by atoms with Crippen molar-refractivity contribution in [1.29, 1.82) is 0 Å². The number of carbonyl (C=O) groups is 1. The van der Waals surface area contributed by atoms with E-state index in [2.05, 4.69) is 10.2 Å². The molecule has 0 saturated carbocycles. The van der Waals surface area contributed by atoms with E-state index in [4.69, 9.17) is 4.42 Å². The number of hydrogen-bond donors (Lipinski definition) is 1. The Morgan fingerprint density at radius 1 is 1.33 bits per heavy atom. The Balaban J connectivity index is 1.90. The van der Waals surface area contributed by atoms with E-state index in [9.17, 15) is 4.79 Å². The van der Waals surface area contributed by atoms with Crippen molar-refractivity contribution in [2.24, 2.45) is 0 Å². The number of likely N-dealkylation sites (tertiary alicyclic amines) is 1. The van der Waals surface area contributed by atoms with Crippen LogP contribution in [0.1, 0.15) is 49.4 Å². The molecule has 1 fully saturated rings. The molecule has 1 aromatic rings. The molecule has 0 aliphatic carbocycles. The minimum atomic E-state index is -0.130. The van der Waals surface area contributed by atoms with E-state index in [1.165, 1.54) is 19.3 Å². The van der Waals surface area contributed by atoms with Crippen molar-refractivity contribution in [3.8, 4) is 0 Å². The molecule has 2 heterocycles. The summed E-state index contributed by atoms with van der Waals surface area (Å²) >= 11 is 0. The lowest BCUT2D eigenvalue weighted by atomic mass is 10.1. The van der Waals surface area contributed by atoms with E-state index in [1.807, 2.05) is 19.9 Å². The number of nitrogens with one attached hydrogen (secondary N) is 1. The summed E-state index contributed by atoms with van der Waals surface area (Å²) in [4.78, 5) is 14.1. The molecule has 1 N–H and O–H groups in total. The van der Waals surface area contributed by atoms with E-state index < -0.39 is 0 Å². The first-order valence-corrected chi connectivity index (χ1v) is 6.77. The second-order valence-corrected chi connectivity index (χ2v) is 5.23. The third kappa shape index (κ3) is 3.60. The Morgan fingerprint density at radius 3 is 2.72 bits per heavy atom. The van der Waals surface area contributed by atoms with E-state index in [1.54, 1.807) is 6.07 Å². The maximum Gasteiger partial charge on any atom is 0.287 e. The summed E-state index contributed by atoms with van der Waals surface area (Å²) in [7, 11) is 0. The summed E-state index contributed by atoms with van der Waals surface area (Å²) in [5.41, 5.74) is 0. The molecule has 100 valence electrons. The Kier molecular flexibility index (Phi) is 4.42. The summed E-state index contributed by atoms with van der Waals surface area (Å²) in [6.45, 7) is 6.96. The van der Waals surface area contributed by atoms with Crippen LogP contribution in [0.2, 0.25) is 0 Å². The minimum absolute atomic E-state index is 0.130. The molecule has 1 saturated heterocycles. The summed E-state index contributed by atoms with van der Waals surface area (Å²) in [6, 6.07) is 3.80. The van der Waals surface area contributed by atoms with E-state index in [0.29, 0.717) is 5.76 Å². The van der Waals surface area contributed by atoms with Crippen LogP contribution in [-0.2, 0) is 6.54 Å². The quantitative estimate of drug-likeness (QED) is 0.892. The van der Waals surface area contributed by atoms with Crippen LogP contribution in [-0.4, -0.2) is 29.9 Å². The van der Waals surface area contributed by atoms with Crippen molar-refractivity contribution in [2.75, 3.05) is 13.1 Å². The average molecular weight is 250 g/mol. The van der Waals surface area contributed by atoms with Gasteiger partial charge in [0, 0.05) is 6.04 Å². The number of carbonyl (C=O) groups excluding carboxylic acids is 1. The highest BCUT2D eigenvalue weighted by Gasteiger charge is 2.15. The van der Waals surface area contributed by atoms with Gasteiger partial charge in [0.1, 0.15) is 5.76 Å². The van der Waals surface area contributed by atoms with Gasteiger partial charge in [-0.15, -0.1) is 0 Å². The van der Waals surface area contributed by atoms with Crippen LogP contribution in [0.3, 0.4) is 0 Å². The summed E-state index contributed by atoms with van der Waals surface area (Å²) in [5, 5.41) is 2.83. The van der Waals surface area contributed by atoms with E-state index in [-0.39, 0.29) is 11.9 Å². The molecule has 1 aromatic heterocycles. The lowest BCUT2D eigenvalue weighted by Gasteiger charge is -2.25. The van der Waals surface area contributed by atoms with E-state index in [0.717, 1.165) is 25.4 Å². The first kappa shape index (κ1) is 13.1. The molecule has 18 heavy (non-hydrogen) atoms. The first-order chi connectivity index (χ1) is 8.65. The molecule has 4 heteroatoms. The SMILES string of the molecule is CC(C)NC(=O)c1ccc(CN2CCCCC2)o1. The largest absolute Gasteiger partial charge is 0.455 e. The van der Waals surface area contributed by atoms with Crippen molar-refractivity contribution in [3.05, 3.63) is 23.7 Å². The average Bonchev–Trinajstić information content (AvgIpc) is 2.78. The van der Waals surface area contributed by atoms with Gasteiger partial charge in [0.25, 0.3) is 5.91 Å². The normalized spacial score (nSPS) is 17.1. The van der Waals surface area contributed by atoms with Gasteiger partial charge in [0.05, 0.1) is 6.54 Å². The number of hydrogen-bond acceptors (Lipinski definition) is 3. The van der Waals surface area contributed by atoms with Gasteiger partial charge in [-0.3, -0.25) is 9.69 Å². The van der Waals surface area contributed by atoms with Crippen molar-refractivity contribution in [3.63, 3.8) is 0 Å². The topological polar surface area (TPSA) is 45.5 Å². The third-order valence-electron chi connectivity index (χ3n) is 3.13. The summed E-state index contributed by atoms with van der Waals surface area (Å²) < 4.78 is 5.60. The number of furan rings is 1. The zero-order valence-corrected chi connectivity index (χ0v) is 11.2. The second-order valence-electron chi connectivity index (χ2n) is 5.23. The molecule has 2 rings (SSSR count). The van der Waals surface area contributed by atoms with Crippen LogP contribution in [0.25, 0.3) is 0 Å². The van der Waals surface area contributed by atoms with Crippen LogP contribution in [0, 0.1) is 0 Å². The van der Waals surface area contributed by atoms with Crippen LogP contribution >= 0.6 is 0 Å². The highest BCUT2D eigenvalue weighted by molar-refractivity contribution is 5.91. The monoisotopic (exact) mass is 250 g/mol. The summed E-state index contributed by atoms with van der Waals surface area (Å²) in [5.74, 6) is 1.16. The van der Waals surface area contributed by atoms with Gasteiger partial charge in [-0.1, -0.05) is 6.42 Å². The Morgan fingerprint density at radius 2 is 2.06 bits per heavy atom. The fraction of sp³-hybridized carbons (Fsp3) is 0.643. The van der Waals surface area contributed by atoms with Crippen LogP contribution in [0.15, 0.2) is 16.5 Å².